The summed E-state index contributed by atoms with van der Waals surface area (Å²) in [6.45, 7) is 2.50. The van der Waals surface area contributed by atoms with Gasteiger partial charge in [0.05, 0.1) is 12.3 Å². The standard InChI is InChI=1S/C29H23ClN4O3/c1-2-36-24-17-13-23(14-18-24)34-28(20-7-6-8-21(30)19-20)32-27(33-34)29(35)31-22-11-15-26(16-12-22)37-25-9-4-3-5-10-25/h3-19H,2H2,1H3,(H,31,35). The van der Waals surface area contributed by atoms with Crippen molar-refractivity contribution in [1.82, 2.24) is 14.8 Å². The smallest absolute Gasteiger partial charge is 0.295 e. The van der Waals surface area contributed by atoms with Gasteiger partial charge in [0.2, 0.25) is 5.82 Å². The molecule has 184 valence electrons. The highest BCUT2D eigenvalue weighted by molar-refractivity contribution is 6.30. The van der Waals surface area contributed by atoms with E-state index in [-0.39, 0.29) is 5.82 Å². The van der Waals surface area contributed by atoms with Crippen molar-refractivity contribution in [2.45, 2.75) is 6.92 Å². The third-order valence-electron chi connectivity index (χ3n) is 5.38. The lowest BCUT2D eigenvalue weighted by Crippen LogP contribution is -2.14. The van der Waals surface area contributed by atoms with Gasteiger partial charge < -0.3 is 14.8 Å². The van der Waals surface area contributed by atoms with Crippen LogP contribution in [0.4, 0.5) is 5.69 Å². The number of hydrogen-bond donors (Lipinski definition) is 1. The van der Waals surface area contributed by atoms with Crippen LogP contribution in [-0.4, -0.2) is 27.3 Å². The summed E-state index contributed by atoms with van der Waals surface area (Å²) in [5, 5.41) is 7.93. The van der Waals surface area contributed by atoms with E-state index in [9.17, 15) is 4.79 Å². The first-order chi connectivity index (χ1) is 18.1. The first kappa shape index (κ1) is 24.1. The van der Waals surface area contributed by atoms with Crippen LogP contribution in [0.1, 0.15) is 17.5 Å². The Morgan fingerprint density at radius 3 is 2.27 bits per heavy atom. The maximum Gasteiger partial charge on any atom is 0.295 e. The third kappa shape index (κ3) is 5.79. The van der Waals surface area contributed by atoms with Crippen LogP contribution in [0.2, 0.25) is 5.02 Å². The van der Waals surface area contributed by atoms with E-state index in [4.69, 9.17) is 21.1 Å². The average molecular weight is 511 g/mol. The molecular formula is C29H23ClN4O3. The SMILES string of the molecule is CCOc1ccc(-n2nc(C(=O)Nc3ccc(Oc4ccccc4)cc3)nc2-c2cccc(Cl)c2)cc1. The van der Waals surface area contributed by atoms with Crippen molar-refractivity contribution in [2.75, 3.05) is 11.9 Å². The van der Waals surface area contributed by atoms with E-state index in [0.717, 1.165) is 22.7 Å². The molecule has 0 aliphatic heterocycles. The molecule has 0 bridgehead atoms. The molecule has 5 rings (SSSR count). The number of anilines is 1. The number of para-hydroxylation sites is 1. The summed E-state index contributed by atoms with van der Waals surface area (Å²) in [6.07, 6.45) is 0. The molecule has 4 aromatic carbocycles. The van der Waals surface area contributed by atoms with Crippen molar-refractivity contribution in [2.24, 2.45) is 0 Å². The van der Waals surface area contributed by atoms with Gasteiger partial charge in [-0.25, -0.2) is 9.67 Å². The van der Waals surface area contributed by atoms with Gasteiger partial charge in [0.1, 0.15) is 17.2 Å². The molecule has 1 aromatic heterocycles. The molecule has 1 N–H and O–H groups in total. The molecule has 5 aromatic rings. The van der Waals surface area contributed by atoms with Crippen LogP contribution in [0, 0.1) is 0 Å². The highest BCUT2D eigenvalue weighted by Crippen LogP contribution is 2.26. The van der Waals surface area contributed by atoms with Crippen LogP contribution in [0.15, 0.2) is 103 Å². The molecule has 0 spiro atoms. The molecule has 0 saturated heterocycles. The van der Waals surface area contributed by atoms with Crippen molar-refractivity contribution in [3.63, 3.8) is 0 Å². The van der Waals surface area contributed by atoms with Crippen molar-refractivity contribution in [3.05, 3.63) is 114 Å². The van der Waals surface area contributed by atoms with Gasteiger partial charge in [-0.1, -0.05) is 41.9 Å². The number of aromatic nitrogens is 3. The van der Waals surface area contributed by atoms with Gasteiger partial charge in [-0.3, -0.25) is 4.79 Å². The Balaban J connectivity index is 1.40. The number of nitrogens with zero attached hydrogens (tertiary/aromatic N) is 3. The summed E-state index contributed by atoms with van der Waals surface area (Å²) in [5.74, 6) is 2.21. The maximum absolute atomic E-state index is 13.1. The number of benzene rings is 4. The summed E-state index contributed by atoms with van der Waals surface area (Å²) in [4.78, 5) is 17.6. The molecule has 1 heterocycles. The second-order valence-corrected chi connectivity index (χ2v) is 8.44. The number of amides is 1. The lowest BCUT2D eigenvalue weighted by molar-refractivity contribution is 0.101. The molecular weight excluding hydrogens is 488 g/mol. The molecule has 0 aliphatic rings. The van der Waals surface area contributed by atoms with E-state index in [0.29, 0.717) is 28.9 Å². The van der Waals surface area contributed by atoms with Crippen LogP contribution < -0.4 is 14.8 Å². The summed E-state index contributed by atoms with van der Waals surface area (Å²) in [6, 6.07) is 31.2. The van der Waals surface area contributed by atoms with Crippen molar-refractivity contribution in [1.29, 1.82) is 0 Å². The Morgan fingerprint density at radius 2 is 1.57 bits per heavy atom. The van der Waals surface area contributed by atoms with Gasteiger partial charge in [-0.05, 0) is 79.7 Å². The van der Waals surface area contributed by atoms with Gasteiger partial charge in [0, 0.05) is 16.3 Å². The largest absolute Gasteiger partial charge is 0.494 e. The number of hydrogen-bond acceptors (Lipinski definition) is 5. The minimum Gasteiger partial charge on any atom is -0.494 e. The van der Waals surface area contributed by atoms with Gasteiger partial charge >= 0.3 is 0 Å². The molecule has 0 saturated carbocycles. The number of carbonyl (C=O) groups is 1. The lowest BCUT2D eigenvalue weighted by Gasteiger charge is -2.08. The second kappa shape index (κ2) is 11.0. The summed E-state index contributed by atoms with van der Waals surface area (Å²) >= 11 is 6.23. The van der Waals surface area contributed by atoms with E-state index >= 15 is 0 Å². The molecule has 0 aliphatic carbocycles. The van der Waals surface area contributed by atoms with Crippen LogP contribution in [0.25, 0.3) is 17.1 Å². The zero-order chi connectivity index (χ0) is 25.6. The van der Waals surface area contributed by atoms with Crippen LogP contribution in [0.3, 0.4) is 0 Å². The number of rotatable bonds is 8. The first-order valence-electron chi connectivity index (χ1n) is 11.7. The van der Waals surface area contributed by atoms with Crippen LogP contribution >= 0.6 is 11.6 Å². The Morgan fingerprint density at radius 1 is 0.865 bits per heavy atom. The number of halogens is 1. The van der Waals surface area contributed by atoms with E-state index in [1.165, 1.54) is 0 Å². The normalized spacial score (nSPS) is 10.6. The lowest BCUT2D eigenvalue weighted by atomic mass is 10.2. The van der Waals surface area contributed by atoms with Crippen molar-refractivity contribution < 1.29 is 14.3 Å². The number of ether oxygens (including phenoxy) is 2. The Kier molecular flexibility index (Phi) is 7.14. The number of carbonyl (C=O) groups excluding carboxylic acids is 1. The molecule has 7 nitrogen and oxygen atoms in total. The van der Waals surface area contributed by atoms with Crippen molar-refractivity contribution in [3.8, 4) is 34.3 Å². The van der Waals surface area contributed by atoms with Gasteiger partial charge in [-0.2, -0.15) is 0 Å². The van der Waals surface area contributed by atoms with Crippen LogP contribution in [0.5, 0.6) is 17.2 Å². The fourth-order valence-corrected chi connectivity index (χ4v) is 3.86. The Hall–Kier alpha value is -4.62. The fourth-order valence-electron chi connectivity index (χ4n) is 3.67. The monoisotopic (exact) mass is 510 g/mol. The predicted molar refractivity (Wildman–Crippen MR) is 144 cm³/mol. The molecule has 0 unspecified atom stereocenters. The predicted octanol–water partition coefficient (Wildman–Crippen LogP) is 7.03. The van der Waals surface area contributed by atoms with E-state index in [1.807, 2.05) is 73.7 Å². The third-order valence-corrected chi connectivity index (χ3v) is 5.61. The average Bonchev–Trinajstić information content (AvgIpc) is 3.37. The summed E-state index contributed by atoms with van der Waals surface area (Å²) < 4.78 is 13.0. The fraction of sp³-hybridized carbons (Fsp3) is 0.0690. The highest BCUT2D eigenvalue weighted by Gasteiger charge is 2.19. The molecule has 8 heteroatoms. The molecule has 1 amide bonds. The summed E-state index contributed by atoms with van der Waals surface area (Å²) in [7, 11) is 0. The molecule has 37 heavy (non-hydrogen) atoms. The minimum absolute atomic E-state index is 0.0217. The topological polar surface area (TPSA) is 78.3 Å². The van der Waals surface area contributed by atoms with Gasteiger partial charge in [0.25, 0.3) is 5.91 Å². The van der Waals surface area contributed by atoms with E-state index < -0.39 is 5.91 Å². The van der Waals surface area contributed by atoms with Gasteiger partial charge in [-0.15, -0.1) is 5.10 Å². The molecule has 0 atom stereocenters. The molecule has 0 fully saturated rings. The van der Waals surface area contributed by atoms with E-state index in [2.05, 4.69) is 15.4 Å². The van der Waals surface area contributed by atoms with Crippen molar-refractivity contribution >= 4 is 23.2 Å². The van der Waals surface area contributed by atoms with Gasteiger partial charge in [0.15, 0.2) is 5.82 Å². The Bertz CT molecular complexity index is 1500. The molecule has 0 radical (unpaired) electrons. The first-order valence-corrected chi connectivity index (χ1v) is 12.1. The highest BCUT2D eigenvalue weighted by atomic mass is 35.5. The zero-order valence-electron chi connectivity index (χ0n) is 20.0. The minimum atomic E-state index is -0.440. The van der Waals surface area contributed by atoms with Crippen LogP contribution in [-0.2, 0) is 0 Å². The quantitative estimate of drug-likeness (QED) is 0.242. The number of nitrogens with one attached hydrogen (secondary N) is 1. The Labute approximate surface area is 219 Å². The maximum atomic E-state index is 13.1. The zero-order valence-corrected chi connectivity index (χ0v) is 20.7. The summed E-state index contributed by atoms with van der Waals surface area (Å²) in [5.41, 5.74) is 2.05. The van der Waals surface area contributed by atoms with E-state index in [1.54, 1.807) is 41.1 Å². The second-order valence-electron chi connectivity index (χ2n) is 8.00.